The van der Waals surface area contributed by atoms with E-state index in [1.165, 1.54) is 0 Å². The second-order valence-electron chi connectivity index (χ2n) is 2.82. The summed E-state index contributed by atoms with van der Waals surface area (Å²) in [5.74, 6) is 1.10. The van der Waals surface area contributed by atoms with Crippen LogP contribution in [0, 0.1) is 0 Å². The topological polar surface area (TPSA) is 16.1 Å². The summed E-state index contributed by atoms with van der Waals surface area (Å²) in [7, 11) is 4.16. The van der Waals surface area contributed by atoms with Crippen molar-refractivity contribution in [1.29, 1.82) is 0 Å². The molecule has 1 heterocycles. The first-order valence-corrected chi connectivity index (χ1v) is 4.96. The zero-order valence-corrected chi connectivity index (χ0v) is 8.34. The standard InChI is InChI=1S/C9H14N2S/c1-11(2)7-8-12-9-5-3-4-6-10-9/h3-6H,7-8H2,1-2H3. The minimum Gasteiger partial charge on any atom is -0.309 e. The fourth-order valence-corrected chi connectivity index (χ4v) is 1.74. The first-order valence-electron chi connectivity index (χ1n) is 3.97. The molecule has 0 amide bonds. The van der Waals surface area contributed by atoms with Gasteiger partial charge in [-0.05, 0) is 26.2 Å². The first kappa shape index (κ1) is 9.55. The van der Waals surface area contributed by atoms with Gasteiger partial charge in [0.25, 0.3) is 0 Å². The van der Waals surface area contributed by atoms with E-state index in [-0.39, 0.29) is 0 Å². The molecule has 1 aromatic rings. The molecule has 0 aromatic carbocycles. The van der Waals surface area contributed by atoms with Gasteiger partial charge in [0, 0.05) is 18.5 Å². The maximum absolute atomic E-state index is 4.22. The van der Waals surface area contributed by atoms with E-state index in [0.717, 1.165) is 17.3 Å². The van der Waals surface area contributed by atoms with E-state index in [9.17, 15) is 0 Å². The summed E-state index contributed by atoms with van der Waals surface area (Å²) in [6, 6.07) is 6.00. The van der Waals surface area contributed by atoms with Gasteiger partial charge in [0.15, 0.2) is 0 Å². The lowest BCUT2D eigenvalue weighted by molar-refractivity contribution is 0.437. The molecule has 0 saturated heterocycles. The highest BCUT2D eigenvalue weighted by molar-refractivity contribution is 7.99. The van der Waals surface area contributed by atoms with Gasteiger partial charge >= 0.3 is 0 Å². The van der Waals surface area contributed by atoms with Gasteiger partial charge in [-0.1, -0.05) is 6.07 Å². The molecule has 12 heavy (non-hydrogen) atoms. The Morgan fingerprint density at radius 2 is 2.25 bits per heavy atom. The number of hydrogen-bond acceptors (Lipinski definition) is 3. The van der Waals surface area contributed by atoms with E-state index in [0.29, 0.717) is 0 Å². The predicted molar refractivity (Wildman–Crippen MR) is 53.5 cm³/mol. The molecule has 0 unspecified atom stereocenters. The Morgan fingerprint density at radius 1 is 1.42 bits per heavy atom. The fourth-order valence-electron chi connectivity index (χ4n) is 0.765. The highest BCUT2D eigenvalue weighted by Crippen LogP contribution is 2.12. The van der Waals surface area contributed by atoms with Crippen molar-refractivity contribution in [2.24, 2.45) is 0 Å². The molecule has 0 aliphatic heterocycles. The van der Waals surface area contributed by atoms with Crippen LogP contribution < -0.4 is 0 Å². The van der Waals surface area contributed by atoms with Gasteiger partial charge < -0.3 is 4.90 Å². The molecule has 2 nitrogen and oxygen atoms in total. The third kappa shape index (κ3) is 3.74. The summed E-state index contributed by atoms with van der Waals surface area (Å²) in [5, 5.41) is 1.11. The summed E-state index contributed by atoms with van der Waals surface area (Å²) in [4.78, 5) is 6.40. The first-order chi connectivity index (χ1) is 5.79. The average molecular weight is 182 g/mol. The van der Waals surface area contributed by atoms with E-state index in [1.807, 2.05) is 24.4 Å². The van der Waals surface area contributed by atoms with E-state index < -0.39 is 0 Å². The van der Waals surface area contributed by atoms with Crippen LogP contribution in [0.1, 0.15) is 0 Å². The maximum Gasteiger partial charge on any atom is 0.0960 e. The smallest absolute Gasteiger partial charge is 0.0960 e. The molecular formula is C9H14N2S. The summed E-state index contributed by atoms with van der Waals surface area (Å²) in [5.41, 5.74) is 0. The zero-order valence-electron chi connectivity index (χ0n) is 7.53. The van der Waals surface area contributed by atoms with Crippen LogP contribution in [0.25, 0.3) is 0 Å². The van der Waals surface area contributed by atoms with Crippen LogP contribution in [0.2, 0.25) is 0 Å². The van der Waals surface area contributed by atoms with Crippen LogP contribution in [0.15, 0.2) is 29.4 Å². The largest absolute Gasteiger partial charge is 0.309 e. The molecule has 0 atom stereocenters. The number of pyridine rings is 1. The van der Waals surface area contributed by atoms with Crippen LogP contribution in [-0.2, 0) is 0 Å². The molecule has 0 aliphatic rings. The Morgan fingerprint density at radius 3 is 2.83 bits per heavy atom. The molecule has 0 fully saturated rings. The Balaban J connectivity index is 2.25. The van der Waals surface area contributed by atoms with Crippen molar-refractivity contribution in [3.8, 4) is 0 Å². The fraction of sp³-hybridized carbons (Fsp3) is 0.444. The Labute approximate surface area is 78.0 Å². The third-order valence-corrected chi connectivity index (χ3v) is 2.35. The van der Waals surface area contributed by atoms with Crippen molar-refractivity contribution < 1.29 is 0 Å². The van der Waals surface area contributed by atoms with Gasteiger partial charge in [0.05, 0.1) is 5.03 Å². The number of nitrogens with zero attached hydrogens (tertiary/aromatic N) is 2. The van der Waals surface area contributed by atoms with Gasteiger partial charge in [0.1, 0.15) is 0 Å². The van der Waals surface area contributed by atoms with Crippen LogP contribution in [0.4, 0.5) is 0 Å². The van der Waals surface area contributed by atoms with Crippen LogP contribution in [0.3, 0.4) is 0 Å². The van der Waals surface area contributed by atoms with Crippen LogP contribution in [0.5, 0.6) is 0 Å². The van der Waals surface area contributed by atoms with Crippen molar-refractivity contribution in [1.82, 2.24) is 9.88 Å². The van der Waals surface area contributed by atoms with Crippen LogP contribution in [-0.4, -0.2) is 36.3 Å². The normalized spacial score (nSPS) is 10.6. The molecule has 0 spiro atoms. The Kier molecular flexibility index (Phi) is 4.11. The molecule has 0 aliphatic carbocycles. The van der Waals surface area contributed by atoms with Crippen molar-refractivity contribution >= 4 is 11.8 Å². The van der Waals surface area contributed by atoms with Gasteiger partial charge in [-0.15, -0.1) is 11.8 Å². The lowest BCUT2D eigenvalue weighted by Gasteiger charge is -2.07. The highest BCUT2D eigenvalue weighted by Gasteiger charge is 1.94. The van der Waals surface area contributed by atoms with Gasteiger partial charge in [-0.25, -0.2) is 4.98 Å². The predicted octanol–water partition coefficient (Wildman–Crippen LogP) is 1.74. The lowest BCUT2D eigenvalue weighted by Crippen LogP contribution is -2.14. The monoisotopic (exact) mass is 182 g/mol. The summed E-state index contributed by atoms with van der Waals surface area (Å²) in [6.07, 6.45) is 1.83. The van der Waals surface area contributed by atoms with Gasteiger partial charge in [-0.3, -0.25) is 0 Å². The molecule has 0 bridgehead atoms. The molecule has 0 radical (unpaired) electrons. The van der Waals surface area contributed by atoms with Gasteiger partial charge in [0.2, 0.25) is 0 Å². The van der Waals surface area contributed by atoms with Crippen molar-refractivity contribution in [2.45, 2.75) is 5.03 Å². The minimum absolute atomic E-state index is 1.10. The van der Waals surface area contributed by atoms with Crippen molar-refractivity contribution in [2.75, 3.05) is 26.4 Å². The van der Waals surface area contributed by atoms with E-state index in [2.05, 4.69) is 24.0 Å². The van der Waals surface area contributed by atoms with E-state index in [1.54, 1.807) is 11.8 Å². The zero-order chi connectivity index (χ0) is 8.81. The highest BCUT2D eigenvalue weighted by atomic mass is 32.2. The summed E-state index contributed by atoms with van der Waals surface area (Å²) < 4.78 is 0. The van der Waals surface area contributed by atoms with Gasteiger partial charge in [-0.2, -0.15) is 0 Å². The van der Waals surface area contributed by atoms with Crippen LogP contribution >= 0.6 is 11.8 Å². The number of rotatable bonds is 4. The SMILES string of the molecule is CN(C)CCSc1ccccn1. The number of thioether (sulfide) groups is 1. The Bertz CT molecular complexity index is 211. The number of hydrogen-bond donors (Lipinski definition) is 0. The lowest BCUT2D eigenvalue weighted by atomic mass is 10.5. The molecule has 0 saturated carbocycles. The molecule has 0 N–H and O–H groups in total. The van der Waals surface area contributed by atoms with E-state index in [4.69, 9.17) is 0 Å². The molecular weight excluding hydrogens is 168 g/mol. The Hall–Kier alpha value is -0.540. The third-order valence-electron chi connectivity index (χ3n) is 1.43. The van der Waals surface area contributed by atoms with E-state index >= 15 is 0 Å². The second-order valence-corrected chi connectivity index (χ2v) is 3.93. The van der Waals surface area contributed by atoms with Crippen molar-refractivity contribution in [3.63, 3.8) is 0 Å². The molecule has 3 heteroatoms. The molecule has 1 rings (SSSR count). The molecule has 1 aromatic heterocycles. The summed E-state index contributed by atoms with van der Waals surface area (Å²) in [6.45, 7) is 1.10. The second kappa shape index (κ2) is 5.17. The maximum atomic E-state index is 4.22. The number of aromatic nitrogens is 1. The summed E-state index contributed by atoms with van der Waals surface area (Å²) >= 11 is 1.80. The quantitative estimate of drug-likeness (QED) is 0.660. The van der Waals surface area contributed by atoms with Crippen molar-refractivity contribution in [3.05, 3.63) is 24.4 Å². The molecule has 66 valence electrons. The minimum atomic E-state index is 1.10. The average Bonchev–Trinajstić information content (AvgIpc) is 2.05.